The summed E-state index contributed by atoms with van der Waals surface area (Å²) in [6.07, 6.45) is 2.67. The molecule has 0 unspecified atom stereocenters. The summed E-state index contributed by atoms with van der Waals surface area (Å²) in [5, 5.41) is 3.06. The highest BCUT2D eigenvalue weighted by Crippen LogP contribution is 2.14. The van der Waals surface area contributed by atoms with Crippen LogP contribution in [0.4, 0.5) is 0 Å². The second-order valence-corrected chi connectivity index (χ2v) is 3.68. The van der Waals surface area contributed by atoms with Gasteiger partial charge in [0, 0.05) is 19.2 Å². The molecule has 0 radical (unpaired) electrons. The number of nitrogens with zero attached hydrogens (tertiary/aromatic N) is 2. The molecular formula is C12H15N3O2. The third-order valence-corrected chi connectivity index (χ3v) is 2.60. The molecule has 0 aliphatic heterocycles. The van der Waals surface area contributed by atoms with Crippen LogP contribution in [0.3, 0.4) is 0 Å². The van der Waals surface area contributed by atoms with E-state index in [1.165, 1.54) is 7.11 Å². The van der Waals surface area contributed by atoms with Gasteiger partial charge in [-0.2, -0.15) is 0 Å². The number of likely N-dealkylation sites (N-methyl/N-ethyl adjacent to an activating group) is 1. The predicted octanol–water partition coefficient (Wildman–Crippen LogP) is 0.883. The molecule has 5 heteroatoms. The molecule has 2 aromatic heterocycles. The number of rotatable bonds is 4. The van der Waals surface area contributed by atoms with Crippen molar-refractivity contribution in [2.24, 2.45) is 0 Å². The van der Waals surface area contributed by atoms with Crippen LogP contribution in [0.15, 0.2) is 24.4 Å². The van der Waals surface area contributed by atoms with Crippen molar-refractivity contribution < 1.29 is 9.53 Å². The summed E-state index contributed by atoms with van der Waals surface area (Å²) in [6.45, 7) is 0.814. The molecule has 0 atom stereocenters. The number of esters is 1. The Kier molecular flexibility index (Phi) is 3.39. The van der Waals surface area contributed by atoms with Crippen molar-refractivity contribution in [3.05, 3.63) is 35.9 Å². The van der Waals surface area contributed by atoms with Gasteiger partial charge >= 0.3 is 5.97 Å². The van der Waals surface area contributed by atoms with Crippen LogP contribution in [0.1, 0.15) is 16.3 Å². The Morgan fingerprint density at radius 3 is 3.06 bits per heavy atom. The Bertz CT molecular complexity index is 534. The topological polar surface area (TPSA) is 55.6 Å². The molecule has 1 N–H and O–H groups in total. The van der Waals surface area contributed by atoms with Crippen LogP contribution in [0.25, 0.3) is 5.52 Å². The highest BCUT2D eigenvalue weighted by atomic mass is 16.5. The lowest BCUT2D eigenvalue weighted by Gasteiger charge is -1.99. The maximum absolute atomic E-state index is 11.6. The minimum atomic E-state index is -0.399. The fourth-order valence-corrected chi connectivity index (χ4v) is 1.76. The molecule has 90 valence electrons. The van der Waals surface area contributed by atoms with Gasteiger partial charge in [0.2, 0.25) is 0 Å². The number of hydrogen-bond acceptors (Lipinski definition) is 4. The Labute approximate surface area is 99.4 Å². The second-order valence-electron chi connectivity index (χ2n) is 3.68. The standard InChI is InChI=1S/C12H15N3O2/c1-13-7-6-10-14-11(12(16)17-2)9-5-3-4-8-15(9)10/h3-5,8,13H,6-7H2,1-2H3. The average Bonchev–Trinajstić information content (AvgIpc) is 2.74. The van der Waals surface area contributed by atoms with Crippen LogP contribution in [0.5, 0.6) is 0 Å². The largest absolute Gasteiger partial charge is 0.464 e. The van der Waals surface area contributed by atoms with Gasteiger partial charge in [0.15, 0.2) is 5.69 Å². The molecule has 2 aromatic rings. The monoisotopic (exact) mass is 233 g/mol. The second kappa shape index (κ2) is 4.97. The third kappa shape index (κ3) is 2.14. The maximum Gasteiger partial charge on any atom is 0.358 e. The predicted molar refractivity (Wildman–Crippen MR) is 64.2 cm³/mol. The van der Waals surface area contributed by atoms with Gasteiger partial charge in [-0.3, -0.25) is 0 Å². The van der Waals surface area contributed by atoms with E-state index in [1.807, 2.05) is 35.8 Å². The highest BCUT2D eigenvalue weighted by Gasteiger charge is 2.16. The van der Waals surface area contributed by atoms with Crippen molar-refractivity contribution in [1.82, 2.24) is 14.7 Å². The summed E-state index contributed by atoms with van der Waals surface area (Å²) in [5.41, 5.74) is 1.16. The van der Waals surface area contributed by atoms with Gasteiger partial charge in [-0.1, -0.05) is 6.07 Å². The van der Waals surface area contributed by atoms with E-state index in [2.05, 4.69) is 10.3 Å². The fraction of sp³-hybridized carbons (Fsp3) is 0.333. The number of carbonyl (C=O) groups is 1. The fourth-order valence-electron chi connectivity index (χ4n) is 1.76. The van der Waals surface area contributed by atoms with Crippen LogP contribution in [-0.4, -0.2) is 36.1 Å². The van der Waals surface area contributed by atoms with Crippen LogP contribution in [-0.2, 0) is 11.2 Å². The van der Waals surface area contributed by atoms with Gasteiger partial charge in [-0.25, -0.2) is 9.78 Å². The molecule has 0 aliphatic carbocycles. The minimum Gasteiger partial charge on any atom is -0.464 e. The van der Waals surface area contributed by atoms with E-state index in [9.17, 15) is 4.79 Å². The molecule has 17 heavy (non-hydrogen) atoms. The maximum atomic E-state index is 11.6. The smallest absolute Gasteiger partial charge is 0.358 e. The van der Waals surface area contributed by atoms with Gasteiger partial charge in [-0.15, -0.1) is 0 Å². The molecule has 0 bridgehead atoms. The number of methoxy groups -OCH3 is 1. The summed E-state index contributed by atoms with van der Waals surface area (Å²) in [6, 6.07) is 5.66. The van der Waals surface area contributed by atoms with E-state index in [1.54, 1.807) is 0 Å². The lowest BCUT2D eigenvalue weighted by Crippen LogP contribution is -2.12. The van der Waals surface area contributed by atoms with E-state index in [0.29, 0.717) is 5.69 Å². The van der Waals surface area contributed by atoms with Gasteiger partial charge < -0.3 is 14.5 Å². The molecule has 2 rings (SSSR count). The first-order chi connectivity index (χ1) is 8.27. The first-order valence-electron chi connectivity index (χ1n) is 5.46. The van der Waals surface area contributed by atoms with E-state index in [4.69, 9.17) is 4.74 Å². The first-order valence-corrected chi connectivity index (χ1v) is 5.46. The highest BCUT2D eigenvalue weighted by molar-refractivity contribution is 5.95. The quantitative estimate of drug-likeness (QED) is 0.797. The number of imidazole rings is 1. The molecule has 2 heterocycles. The van der Waals surface area contributed by atoms with Crippen LogP contribution >= 0.6 is 0 Å². The van der Waals surface area contributed by atoms with Gasteiger partial charge in [0.1, 0.15) is 5.82 Å². The van der Waals surface area contributed by atoms with Gasteiger partial charge in [0.25, 0.3) is 0 Å². The molecule has 0 saturated heterocycles. The molecule has 0 saturated carbocycles. The lowest BCUT2D eigenvalue weighted by atomic mass is 10.3. The van der Waals surface area contributed by atoms with Crippen molar-refractivity contribution >= 4 is 11.5 Å². The third-order valence-electron chi connectivity index (χ3n) is 2.60. The SMILES string of the molecule is CNCCc1nc(C(=O)OC)c2ccccn12. The summed E-state index contributed by atoms with van der Waals surface area (Å²) in [5.74, 6) is 0.458. The van der Waals surface area contributed by atoms with E-state index >= 15 is 0 Å². The van der Waals surface area contributed by atoms with Crippen molar-refractivity contribution in [3.8, 4) is 0 Å². The van der Waals surface area contributed by atoms with E-state index < -0.39 is 5.97 Å². The van der Waals surface area contributed by atoms with Crippen LogP contribution in [0, 0.1) is 0 Å². The molecular weight excluding hydrogens is 218 g/mol. The Balaban J connectivity index is 2.50. The lowest BCUT2D eigenvalue weighted by molar-refractivity contribution is 0.0597. The number of hydrogen-bond donors (Lipinski definition) is 1. The zero-order chi connectivity index (χ0) is 12.3. The molecule has 5 nitrogen and oxygen atoms in total. The van der Waals surface area contributed by atoms with E-state index in [-0.39, 0.29) is 0 Å². The number of aromatic nitrogens is 2. The summed E-state index contributed by atoms with van der Waals surface area (Å²) >= 11 is 0. The molecule has 0 aliphatic rings. The molecule has 0 amide bonds. The Morgan fingerprint density at radius 2 is 2.35 bits per heavy atom. The van der Waals surface area contributed by atoms with Crippen LogP contribution < -0.4 is 5.32 Å². The van der Waals surface area contributed by atoms with Gasteiger partial charge in [-0.05, 0) is 19.2 Å². The van der Waals surface area contributed by atoms with E-state index in [0.717, 1.165) is 24.3 Å². The molecule has 0 aromatic carbocycles. The summed E-state index contributed by atoms with van der Waals surface area (Å²) in [7, 11) is 3.25. The van der Waals surface area contributed by atoms with Crippen molar-refractivity contribution in [3.63, 3.8) is 0 Å². The average molecular weight is 233 g/mol. The number of nitrogens with one attached hydrogen (secondary N) is 1. The van der Waals surface area contributed by atoms with Crippen molar-refractivity contribution in [1.29, 1.82) is 0 Å². The normalized spacial score (nSPS) is 10.7. The molecule has 0 fully saturated rings. The zero-order valence-corrected chi connectivity index (χ0v) is 9.93. The summed E-state index contributed by atoms with van der Waals surface area (Å²) in [4.78, 5) is 15.9. The number of ether oxygens (including phenoxy) is 1. The number of pyridine rings is 1. The summed E-state index contributed by atoms with van der Waals surface area (Å²) < 4.78 is 6.65. The zero-order valence-electron chi connectivity index (χ0n) is 9.93. The Hall–Kier alpha value is -1.88. The van der Waals surface area contributed by atoms with Gasteiger partial charge in [0.05, 0.1) is 12.6 Å². The minimum absolute atomic E-state index is 0.374. The number of fused-ring (bicyclic) bond motifs is 1. The number of carbonyl (C=O) groups excluding carboxylic acids is 1. The van der Waals surface area contributed by atoms with Crippen LogP contribution in [0.2, 0.25) is 0 Å². The molecule has 0 spiro atoms. The Morgan fingerprint density at radius 1 is 1.53 bits per heavy atom. The van der Waals surface area contributed by atoms with Crippen molar-refractivity contribution in [2.75, 3.05) is 20.7 Å². The first kappa shape index (κ1) is 11.6. The van der Waals surface area contributed by atoms with Crippen molar-refractivity contribution in [2.45, 2.75) is 6.42 Å².